The molecule has 1 saturated carbocycles. The fourth-order valence-corrected chi connectivity index (χ4v) is 4.34. The number of ether oxygens (including phenoxy) is 1. The van der Waals surface area contributed by atoms with Crippen molar-refractivity contribution in [2.75, 3.05) is 25.1 Å². The van der Waals surface area contributed by atoms with Gasteiger partial charge in [0.05, 0.1) is 17.4 Å². The standard InChI is InChI=1S/C23H30F3NO/c1-3-4-5-6-17-7-8-21(23(24,25)26)22(16-17)27-11-9-18(10-12-27)13-19-14-20(15-19)28-2/h7-8,16,18-20H,3-4,9-15H2,1-2H3. The smallest absolute Gasteiger partial charge is 0.381 e. The van der Waals surface area contributed by atoms with Gasteiger partial charge in [0, 0.05) is 32.2 Å². The molecule has 1 aliphatic heterocycles. The van der Waals surface area contributed by atoms with Gasteiger partial charge in [0.15, 0.2) is 0 Å². The Morgan fingerprint density at radius 3 is 2.46 bits per heavy atom. The molecule has 1 aromatic rings. The van der Waals surface area contributed by atoms with Gasteiger partial charge < -0.3 is 9.64 Å². The number of unbranched alkanes of at least 4 members (excludes halogenated alkanes) is 1. The third-order valence-corrected chi connectivity index (χ3v) is 6.06. The lowest BCUT2D eigenvalue weighted by molar-refractivity contribution is -0.137. The van der Waals surface area contributed by atoms with Crippen LogP contribution in [0.4, 0.5) is 18.9 Å². The van der Waals surface area contributed by atoms with Crippen LogP contribution >= 0.6 is 0 Å². The number of nitrogens with zero attached hydrogens (tertiary/aromatic N) is 1. The number of anilines is 1. The monoisotopic (exact) mass is 393 g/mol. The van der Waals surface area contributed by atoms with Gasteiger partial charge in [-0.3, -0.25) is 0 Å². The molecule has 2 aliphatic rings. The van der Waals surface area contributed by atoms with Crippen LogP contribution < -0.4 is 4.90 Å². The minimum Gasteiger partial charge on any atom is -0.381 e. The van der Waals surface area contributed by atoms with Crippen LogP contribution in [0.2, 0.25) is 0 Å². The molecule has 5 heteroatoms. The van der Waals surface area contributed by atoms with E-state index in [0.29, 0.717) is 30.7 Å². The summed E-state index contributed by atoms with van der Waals surface area (Å²) in [6.07, 6.45) is 3.13. The van der Waals surface area contributed by atoms with Crippen LogP contribution in [0.15, 0.2) is 18.2 Å². The molecule has 2 fully saturated rings. The first-order valence-corrected chi connectivity index (χ1v) is 10.4. The SMILES string of the molecule is CCCC#Cc1ccc(C(F)(F)F)c(N2CCC(CC3CC(OC)C3)CC2)c1. The second-order valence-corrected chi connectivity index (χ2v) is 8.14. The molecule has 3 rings (SSSR count). The minimum absolute atomic E-state index is 0.289. The van der Waals surface area contributed by atoms with Gasteiger partial charge in [0.25, 0.3) is 0 Å². The Hall–Kier alpha value is -1.67. The summed E-state index contributed by atoms with van der Waals surface area (Å²) in [4.78, 5) is 1.91. The van der Waals surface area contributed by atoms with Crippen LogP contribution in [0.1, 0.15) is 63.0 Å². The summed E-state index contributed by atoms with van der Waals surface area (Å²) in [6, 6.07) is 4.31. The average Bonchev–Trinajstić information content (AvgIpc) is 2.64. The summed E-state index contributed by atoms with van der Waals surface area (Å²) in [5.74, 6) is 7.38. The van der Waals surface area contributed by atoms with Gasteiger partial charge in [0.2, 0.25) is 0 Å². The molecule has 0 atom stereocenters. The maximum Gasteiger partial charge on any atom is 0.418 e. The Morgan fingerprint density at radius 1 is 1.14 bits per heavy atom. The maximum atomic E-state index is 13.5. The van der Waals surface area contributed by atoms with Crippen molar-refractivity contribution in [1.29, 1.82) is 0 Å². The number of hydrogen-bond donors (Lipinski definition) is 0. The molecule has 154 valence electrons. The predicted octanol–water partition coefficient (Wildman–Crippen LogP) is 5.89. The highest BCUT2D eigenvalue weighted by Gasteiger charge is 2.36. The van der Waals surface area contributed by atoms with Crippen LogP contribution in [0, 0.1) is 23.7 Å². The van der Waals surface area contributed by atoms with E-state index in [0.717, 1.165) is 44.4 Å². The fourth-order valence-electron chi connectivity index (χ4n) is 4.34. The first kappa shape index (κ1) is 21.0. The molecule has 0 aromatic heterocycles. The molecule has 2 nitrogen and oxygen atoms in total. The third-order valence-electron chi connectivity index (χ3n) is 6.06. The Bertz CT molecular complexity index is 705. The molecule has 1 heterocycles. The van der Waals surface area contributed by atoms with Gasteiger partial charge in [0.1, 0.15) is 0 Å². The molecule has 0 unspecified atom stereocenters. The van der Waals surface area contributed by atoms with Crippen LogP contribution in [-0.2, 0) is 10.9 Å². The Labute approximate surface area is 166 Å². The predicted molar refractivity (Wildman–Crippen MR) is 106 cm³/mol. The lowest BCUT2D eigenvalue weighted by Crippen LogP contribution is -2.37. The molecular formula is C23H30F3NO. The molecule has 0 N–H and O–H groups in total. The highest BCUT2D eigenvalue weighted by atomic mass is 19.4. The van der Waals surface area contributed by atoms with Crippen molar-refractivity contribution in [3.8, 4) is 11.8 Å². The van der Waals surface area contributed by atoms with E-state index in [1.807, 2.05) is 11.8 Å². The van der Waals surface area contributed by atoms with E-state index in [2.05, 4.69) is 11.8 Å². The van der Waals surface area contributed by atoms with Crippen molar-refractivity contribution in [2.24, 2.45) is 11.8 Å². The van der Waals surface area contributed by atoms with E-state index in [1.165, 1.54) is 18.6 Å². The summed E-state index contributed by atoms with van der Waals surface area (Å²) in [5, 5.41) is 0. The lowest BCUT2D eigenvalue weighted by Gasteiger charge is -2.40. The van der Waals surface area contributed by atoms with E-state index in [1.54, 1.807) is 13.2 Å². The Kier molecular flexibility index (Phi) is 6.93. The summed E-state index contributed by atoms with van der Waals surface area (Å²) in [7, 11) is 1.76. The quantitative estimate of drug-likeness (QED) is 0.579. The normalized spacial score (nSPS) is 23.1. The van der Waals surface area contributed by atoms with E-state index in [-0.39, 0.29) is 5.69 Å². The van der Waals surface area contributed by atoms with E-state index in [4.69, 9.17) is 4.74 Å². The Morgan fingerprint density at radius 2 is 1.86 bits per heavy atom. The number of hydrogen-bond acceptors (Lipinski definition) is 2. The zero-order chi connectivity index (χ0) is 20.1. The zero-order valence-corrected chi connectivity index (χ0v) is 16.8. The van der Waals surface area contributed by atoms with Crippen LogP contribution in [0.5, 0.6) is 0 Å². The van der Waals surface area contributed by atoms with Gasteiger partial charge in [-0.05, 0) is 68.6 Å². The number of alkyl halides is 3. The number of benzene rings is 1. The number of piperidine rings is 1. The summed E-state index contributed by atoms with van der Waals surface area (Å²) in [6.45, 7) is 3.40. The first-order chi connectivity index (χ1) is 13.4. The van der Waals surface area contributed by atoms with E-state index in [9.17, 15) is 13.2 Å². The van der Waals surface area contributed by atoms with Crippen LogP contribution in [0.25, 0.3) is 0 Å². The summed E-state index contributed by atoms with van der Waals surface area (Å²) < 4.78 is 46.0. The first-order valence-electron chi connectivity index (χ1n) is 10.4. The van der Waals surface area contributed by atoms with Gasteiger partial charge in [-0.2, -0.15) is 13.2 Å². The molecule has 0 amide bonds. The van der Waals surface area contributed by atoms with E-state index < -0.39 is 11.7 Å². The molecule has 1 saturated heterocycles. The van der Waals surface area contributed by atoms with Crippen molar-refractivity contribution in [3.05, 3.63) is 29.3 Å². The number of halogens is 3. The minimum atomic E-state index is -4.34. The van der Waals surface area contributed by atoms with E-state index >= 15 is 0 Å². The van der Waals surface area contributed by atoms with Gasteiger partial charge in [-0.1, -0.05) is 18.8 Å². The number of rotatable bonds is 5. The summed E-state index contributed by atoms with van der Waals surface area (Å²) in [5.41, 5.74) is 0.407. The molecule has 1 aromatic carbocycles. The van der Waals surface area contributed by atoms with Crippen molar-refractivity contribution < 1.29 is 17.9 Å². The molecular weight excluding hydrogens is 363 g/mol. The topological polar surface area (TPSA) is 12.5 Å². The van der Waals surface area contributed by atoms with Gasteiger partial charge in [-0.25, -0.2) is 0 Å². The maximum absolute atomic E-state index is 13.5. The molecule has 0 spiro atoms. The van der Waals surface area contributed by atoms with Gasteiger partial charge >= 0.3 is 6.18 Å². The molecule has 28 heavy (non-hydrogen) atoms. The fraction of sp³-hybridized carbons (Fsp3) is 0.652. The average molecular weight is 393 g/mol. The summed E-state index contributed by atoms with van der Waals surface area (Å²) >= 11 is 0. The zero-order valence-electron chi connectivity index (χ0n) is 16.8. The van der Waals surface area contributed by atoms with Crippen LogP contribution in [-0.4, -0.2) is 26.3 Å². The highest BCUT2D eigenvalue weighted by Crippen LogP contribution is 2.41. The van der Waals surface area contributed by atoms with Crippen LogP contribution in [0.3, 0.4) is 0 Å². The second-order valence-electron chi connectivity index (χ2n) is 8.14. The second kappa shape index (κ2) is 9.22. The van der Waals surface area contributed by atoms with Crippen molar-refractivity contribution >= 4 is 5.69 Å². The highest BCUT2D eigenvalue weighted by molar-refractivity contribution is 5.59. The number of methoxy groups -OCH3 is 1. The largest absolute Gasteiger partial charge is 0.418 e. The van der Waals surface area contributed by atoms with Gasteiger partial charge in [-0.15, -0.1) is 0 Å². The molecule has 0 bridgehead atoms. The van der Waals surface area contributed by atoms with Crippen molar-refractivity contribution in [2.45, 2.75) is 64.1 Å². The molecule has 0 radical (unpaired) electrons. The lowest BCUT2D eigenvalue weighted by atomic mass is 9.74. The van der Waals surface area contributed by atoms with Crippen molar-refractivity contribution in [1.82, 2.24) is 0 Å². The van der Waals surface area contributed by atoms with Crippen molar-refractivity contribution in [3.63, 3.8) is 0 Å². The Balaban J connectivity index is 1.66. The molecule has 1 aliphatic carbocycles. The third kappa shape index (κ3) is 5.23.